The normalized spacial score (nSPS) is 41.7. The summed E-state index contributed by atoms with van der Waals surface area (Å²) in [5, 5.41) is 0.457. The maximum absolute atomic E-state index is 6.14. The topological polar surface area (TPSA) is 0 Å². The molecule has 3 unspecified atom stereocenters. The van der Waals surface area contributed by atoms with Crippen LogP contribution in [0.1, 0.15) is 39.5 Å². The second kappa shape index (κ2) is 3.61. The Hall–Kier alpha value is 0.290. The molecule has 1 aliphatic carbocycles. The summed E-state index contributed by atoms with van der Waals surface area (Å²) < 4.78 is 0. The fourth-order valence-electron chi connectivity index (χ4n) is 1.72. The van der Waals surface area contributed by atoms with Crippen molar-refractivity contribution >= 4 is 11.6 Å². The summed E-state index contributed by atoms with van der Waals surface area (Å²) in [6.45, 7) is 4.54. The molecule has 60 valence electrons. The SMILES string of the molecule is CCC1CCC(C)C(Cl)C1. The van der Waals surface area contributed by atoms with Gasteiger partial charge in [-0.25, -0.2) is 0 Å². The molecule has 1 rings (SSSR count). The van der Waals surface area contributed by atoms with Gasteiger partial charge >= 0.3 is 0 Å². The first-order chi connectivity index (χ1) is 4.74. The molecule has 0 aliphatic heterocycles. The van der Waals surface area contributed by atoms with Crippen molar-refractivity contribution in [2.75, 3.05) is 0 Å². The number of halogens is 1. The minimum atomic E-state index is 0.457. The summed E-state index contributed by atoms with van der Waals surface area (Å²) in [6, 6.07) is 0. The molecule has 10 heavy (non-hydrogen) atoms. The Morgan fingerprint density at radius 2 is 2.10 bits per heavy atom. The fraction of sp³-hybridized carbons (Fsp3) is 1.00. The second-order valence-corrected chi connectivity index (χ2v) is 4.14. The van der Waals surface area contributed by atoms with E-state index < -0.39 is 0 Å². The van der Waals surface area contributed by atoms with Crippen molar-refractivity contribution in [1.29, 1.82) is 0 Å². The maximum Gasteiger partial charge on any atom is 0.0364 e. The van der Waals surface area contributed by atoms with Crippen LogP contribution in [0, 0.1) is 11.8 Å². The van der Waals surface area contributed by atoms with Crippen LogP contribution in [0.4, 0.5) is 0 Å². The Morgan fingerprint density at radius 1 is 1.40 bits per heavy atom. The van der Waals surface area contributed by atoms with Gasteiger partial charge in [-0.15, -0.1) is 11.6 Å². The molecule has 0 nitrogen and oxygen atoms in total. The zero-order chi connectivity index (χ0) is 7.56. The van der Waals surface area contributed by atoms with Gasteiger partial charge in [-0.05, 0) is 24.7 Å². The predicted molar refractivity (Wildman–Crippen MR) is 46.4 cm³/mol. The van der Waals surface area contributed by atoms with E-state index in [2.05, 4.69) is 13.8 Å². The first-order valence-corrected chi connectivity index (χ1v) is 4.81. The number of hydrogen-bond donors (Lipinski definition) is 0. The monoisotopic (exact) mass is 160 g/mol. The van der Waals surface area contributed by atoms with Gasteiger partial charge in [-0.2, -0.15) is 0 Å². The molecule has 1 heteroatoms. The molecule has 0 aromatic carbocycles. The van der Waals surface area contributed by atoms with Gasteiger partial charge < -0.3 is 0 Å². The lowest BCUT2D eigenvalue weighted by molar-refractivity contribution is 0.290. The van der Waals surface area contributed by atoms with Crippen molar-refractivity contribution in [2.24, 2.45) is 11.8 Å². The standard InChI is InChI=1S/C9H17Cl/c1-3-8-5-4-7(2)9(10)6-8/h7-9H,3-6H2,1-2H3. The average molecular weight is 161 g/mol. The molecule has 0 heterocycles. The van der Waals surface area contributed by atoms with Gasteiger partial charge in [0, 0.05) is 5.38 Å². The van der Waals surface area contributed by atoms with E-state index in [0.717, 1.165) is 11.8 Å². The van der Waals surface area contributed by atoms with Crippen LogP contribution in [0.2, 0.25) is 0 Å². The van der Waals surface area contributed by atoms with Crippen molar-refractivity contribution in [1.82, 2.24) is 0 Å². The van der Waals surface area contributed by atoms with Crippen LogP contribution in [0.15, 0.2) is 0 Å². The molecule has 0 amide bonds. The van der Waals surface area contributed by atoms with Gasteiger partial charge in [0.2, 0.25) is 0 Å². The number of alkyl halides is 1. The molecule has 1 saturated carbocycles. The van der Waals surface area contributed by atoms with Crippen LogP contribution in [0.5, 0.6) is 0 Å². The molecule has 0 N–H and O–H groups in total. The van der Waals surface area contributed by atoms with E-state index in [1.54, 1.807) is 0 Å². The highest BCUT2D eigenvalue weighted by atomic mass is 35.5. The largest absolute Gasteiger partial charge is 0.123 e. The van der Waals surface area contributed by atoms with E-state index >= 15 is 0 Å². The quantitative estimate of drug-likeness (QED) is 0.516. The lowest BCUT2D eigenvalue weighted by Gasteiger charge is -2.29. The smallest absolute Gasteiger partial charge is 0.0364 e. The summed E-state index contributed by atoms with van der Waals surface area (Å²) >= 11 is 6.14. The van der Waals surface area contributed by atoms with Crippen LogP contribution in [0.25, 0.3) is 0 Å². The van der Waals surface area contributed by atoms with Crippen LogP contribution >= 0.6 is 11.6 Å². The van der Waals surface area contributed by atoms with E-state index in [-0.39, 0.29) is 0 Å². The highest BCUT2D eigenvalue weighted by Crippen LogP contribution is 2.33. The van der Waals surface area contributed by atoms with Crippen LogP contribution in [-0.4, -0.2) is 5.38 Å². The summed E-state index contributed by atoms with van der Waals surface area (Å²) in [5.41, 5.74) is 0. The van der Waals surface area contributed by atoms with Crippen molar-refractivity contribution in [3.05, 3.63) is 0 Å². The van der Waals surface area contributed by atoms with Gasteiger partial charge in [0.15, 0.2) is 0 Å². The maximum atomic E-state index is 6.14. The van der Waals surface area contributed by atoms with Gasteiger partial charge in [-0.1, -0.05) is 26.7 Å². The molecule has 0 saturated heterocycles. The Labute approximate surface area is 69.0 Å². The fourth-order valence-corrected chi connectivity index (χ4v) is 2.10. The third-order valence-corrected chi connectivity index (χ3v) is 3.39. The van der Waals surface area contributed by atoms with Crippen molar-refractivity contribution in [2.45, 2.75) is 44.9 Å². The summed E-state index contributed by atoms with van der Waals surface area (Å²) in [6.07, 6.45) is 5.31. The molecule has 0 bridgehead atoms. The highest BCUT2D eigenvalue weighted by Gasteiger charge is 2.24. The van der Waals surface area contributed by atoms with E-state index in [1.165, 1.54) is 25.7 Å². The number of rotatable bonds is 1. The molecule has 0 aromatic rings. The summed E-state index contributed by atoms with van der Waals surface area (Å²) in [4.78, 5) is 0. The Morgan fingerprint density at radius 3 is 2.60 bits per heavy atom. The third kappa shape index (κ3) is 1.88. The van der Waals surface area contributed by atoms with E-state index in [0.29, 0.717) is 5.38 Å². The summed E-state index contributed by atoms with van der Waals surface area (Å²) in [7, 11) is 0. The molecule has 0 spiro atoms. The molecule has 3 atom stereocenters. The molecular weight excluding hydrogens is 144 g/mol. The lowest BCUT2D eigenvalue weighted by Crippen LogP contribution is -2.22. The molecule has 0 aromatic heterocycles. The van der Waals surface area contributed by atoms with Gasteiger partial charge in [0.05, 0.1) is 0 Å². The first kappa shape index (κ1) is 8.39. The van der Waals surface area contributed by atoms with Gasteiger partial charge in [0.1, 0.15) is 0 Å². The zero-order valence-electron chi connectivity index (χ0n) is 6.94. The van der Waals surface area contributed by atoms with Gasteiger partial charge in [0.25, 0.3) is 0 Å². The zero-order valence-corrected chi connectivity index (χ0v) is 7.69. The second-order valence-electron chi connectivity index (χ2n) is 3.58. The molecule has 1 aliphatic rings. The Balaban J connectivity index is 2.33. The van der Waals surface area contributed by atoms with Crippen LogP contribution < -0.4 is 0 Å². The van der Waals surface area contributed by atoms with Crippen molar-refractivity contribution < 1.29 is 0 Å². The predicted octanol–water partition coefficient (Wildman–Crippen LogP) is 3.44. The Kier molecular flexibility index (Phi) is 3.03. The average Bonchev–Trinajstić information content (AvgIpc) is 1.95. The minimum Gasteiger partial charge on any atom is -0.123 e. The van der Waals surface area contributed by atoms with Crippen LogP contribution in [-0.2, 0) is 0 Å². The van der Waals surface area contributed by atoms with Crippen molar-refractivity contribution in [3.63, 3.8) is 0 Å². The molecular formula is C9H17Cl. The van der Waals surface area contributed by atoms with E-state index in [1.807, 2.05) is 0 Å². The minimum absolute atomic E-state index is 0.457. The molecule has 0 radical (unpaired) electrons. The highest BCUT2D eigenvalue weighted by molar-refractivity contribution is 6.20. The molecule has 1 fully saturated rings. The van der Waals surface area contributed by atoms with Crippen LogP contribution in [0.3, 0.4) is 0 Å². The summed E-state index contributed by atoms with van der Waals surface area (Å²) in [5.74, 6) is 1.67. The first-order valence-electron chi connectivity index (χ1n) is 4.38. The van der Waals surface area contributed by atoms with E-state index in [4.69, 9.17) is 11.6 Å². The van der Waals surface area contributed by atoms with E-state index in [9.17, 15) is 0 Å². The van der Waals surface area contributed by atoms with Crippen molar-refractivity contribution in [3.8, 4) is 0 Å². The lowest BCUT2D eigenvalue weighted by atomic mass is 9.81. The third-order valence-electron chi connectivity index (χ3n) is 2.78. The number of hydrogen-bond acceptors (Lipinski definition) is 0. The van der Waals surface area contributed by atoms with Gasteiger partial charge in [-0.3, -0.25) is 0 Å². The Bertz CT molecular complexity index is 101.